The van der Waals surface area contributed by atoms with Crippen molar-refractivity contribution in [2.75, 3.05) is 106 Å². The zero-order valence-corrected chi connectivity index (χ0v) is 68.0. The van der Waals surface area contributed by atoms with E-state index in [4.69, 9.17) is 104 Å². The summed E-state index contributed by atoms with van der Waals surface area (Å²) in [6, 6.07) is -9.99. The zero-order chi connectivity index (χ0) is 82.4. The van der Waals surface area contributed by atoms with Crippen LogP contribution in [-0.4, -0.2) is 255 Å². The van der Waals surface area contributed by atoms with E-state index in [0.29, 0.717) is 57.8 Å². The number of carbonyl (C=O) groups excluding carboxylic acids is 17. The van der Waals surface area contributed by atoms with E-state index in [1.807, 2.05) is 0 Å². The maximum absolute atomic E-state index is 14.9. The van der Waals surface area contributed by atoms with Crippen LogP contribution >= 0.6 is 92.8 Å². The Morgan fingerprint density at radius 1 is 0.209 bits per heavy atom. The molecule has 0 aliphatic rings. The molecule has 0 unspecified atom stereocenters. The summed E-state index contributed by atoms with van der Waals surface area (Å²) < 4.78 is 0. The number of hydrogen-bond donors (Lipinski definition) is 18. The van der Waals surface area contributed by atoms with E-state index >= 15 is 0 Å². The van der Waals surface area contributed by atoms with Crippen molar-refractivity contribution < 1.29 is 81.5 Å². The molecular weight excluding hydrogens is 1610 g/mol. The van der Waals surface area contributed by atoms with Gasteiger partial charge in [0.05, 0.1) is 0 Å². The minimum absolute atomic E-state index is 0.00888. The largest absolute Gasteiger partial charge is 0.370 e. The summed E-state index contributed by atoms with van der Waals surface area (Å²) in [5, 5.41) is 42.4. The minimum Gasteiger partial charge on any atom is -0.370 e. The summed E-state index contributed by atoms with van der Waals surface area (Å²) in [5.41, 5.74) is 11.1. The Morgan fingerprint density at radius 2 is 0.382 bits per heavy atom. The quantitative estimate of drug-likeness (QED) is 0.0254. The van der Waals surface area contributed by atoms with Gasteiger partial charge in [-0.15, -0.1) is 92.8 Å². The summed E-state index contributed by atoms with van der Waals surface area (Å²) in [6.45, 7) is 0.912. The van der Waals surface area contributed by atoms with E-state index < -0.39 is 160 Å². The fourth-order valence-electron chi connectivity index (χ4n) is 10.5. The second-order valence-corrected chi connectivity index (χ2v) is 27.5. The van der Waals surface area contributed by atoms with Crippen molar-refractivity contribution in [2.24, 2.45) is 11.5 Å². The average molecular weight is 1730 g/mol. The molecule has 0 heterocycles. The van der Waals surface area contributed by atoms with Crippen LogP contribution in [-0.2, 0) is 81.5 Å². The van der Waals surface area contributed by atoms with E-state index in [1.54, 1.807) is 0 Å². The van der Waals surface area contributed by atoms with Crippen LogP contribution in [0.4, 0.5) is 0 Å². The Labute approximate surface area is 681 Å². The van der Waals surface area contributed by atoms with Crippen molar-refractivity contribution in [1.82, 2.24) is 85.1 Å². The molecule has 0 aliphatic heterocycles. The number of carbonyl (C=O) groups is 17. The molecule has 0 aromatic carbocycles. The van der Waals surface area contributed by atoms with Crippen molar-refractivity contribution in [3.05, 3.63) is 0 Å². The first-order valence-electron chi connectivity index (χ1n) is 36.7. The molecule has 8 atom stereocenters. The summed E-state index contributed by atoms with van der Waals surface area (Å²) >= 11 is 45.5. The van der Waals surface area contributed by atoms with E-state index in [0.717, 1.165) is 0 Å². The van der Waals surface area contributed by atoms with E-state index in [9.17, 15) is 81.5 Å². The molecule has 17 amide bonds. The molecule has 0 radical (unpaired) electrons. The van der Waals surface area contributed by atoms with Crippen LogP contribution in [0.3, 0.4) is 0 Å². The van der Waals surface area contributed by atoms with Crippen LogP contribution in [0, 0.1) is 0 Å². The maximum atomic E-state index is 14.9. The predicted octanol–water partition coefficient (Wildman–Crippen LogP) is -1.10. The van der Waals surface area contributed by atoms with Crippen molar-refractivity contribution in [3.63, 3.8) is 0 Å². The molecule has 43 heteroatoms. The van der Waals surface area contributed by atoms with Gasteiger partial charge in [-0.3, -0.25) is 81.5 Å². The van der Waals surface area contributed by atoms with Crippen molar-refractivity contribution >= 4 is 193 Å². The van der Waals surface area contributed by atoms with Crippen LogP contribution in [0.2, 0.25) is 0 Å². The van der Waals surface area contributed by atoms with Crippen LogP contribution in [0.5, 0.6) is 0 Å². The number of nitrogens with one attached hydrogen (secondary N) is 16. The first-order chi connectivity index (χ1) is 52.7. The molecular formula is C67H112Cl8N18O17. The van der Waals surface area contributed by atoms with Gasteiger partial charge < -0.3 is 96.5 Å². The number of halogens is 8. The van der Waals surface area contributed by atoms with Crippen molar-refractivity contribution in [1.29, 1.82) is 0 Å². The van der Waals surface area contributed by atoms with Crippen LogP contribution in [0.1, 0.15) is 161 Å². The topological polar surface area (TPSA) is 535 Å². The Morgan fingerprint density at radius 3 is 0.582 bits per heavy atom. The smallest absolute Gasteiger partial charge is 0.243 e. The van der Waals surface area contributed by atoms with E-state index in [2.05, 4.69) is 85.1 Å². The number of alkyl halides is 8. The third-order valence-electron chi connectivity index (χ3n) is 16.4. The lowest BCUT2D eigenvalue weighted by Gasteiger charge is -2.27. The minimum atomic E-state index is -1.49. The highest BCUT2D eigenvalue weighted by Crippen LogP contribution is 2.13. The second-order valence-electron chi connectivity index (χ2n) is 25.3. The van der Waals surface area contributed by atoms with Gasteiger partial charge in [0.15, 0.2) is 0 Å². The van der Waals surface area contributed by atoms with Gasteiger partial charge in [-0.05, 0) is 161 Å². The van der Waals surface area contributed by atoms with Gasteiger partial charge in [-0.25, -0.2) is 0 Å². The monoisotopic (exact) mass is 1720 g/mol. The fourth-order valence-corrected chi connectivity index (χ4v) is 11.2. The normalized spacial score (nSPS) is 13.0. The molecule has 35 nitrogen and oxygen atoms in total. The van der Waals surface area contributed by atoms with E-state index in [-0.39, 0.29) is 197 Å². The highest BCUT2D eigenvalue weighted by molar-refractivity contribution is 6.29. The standard InChI is InChI=1S/C67H112Cl8N18O17/c68-35-52(95)78-27-10-2-18-43(86-56(99)39-72)60(103)82-31-14-6-20-46(90-64(107)47(88-58(101)41-74)21-4-12-29-80-54(97)37-70)62(105)84-33-16-8-23-49(66(109)91-45(17-1-9-26-76)63(106)85-34-25-51(77)94)93-67(110)50(92-65(108)48(89-59(102)42-75)22-5-13-30-81-55(98)38-71)24-7-15-32-83-61(104)44(87-57(100)40-73)19-3-11-28-79-53(96)36-69/h43-50H,1-42,76H2,(H2,77,94)(H,78,95)(H,79,96)(H,80,97)(H,81,98)(H,82,103)(H,83,104)(H,84,105)(H,85,106)(H,86,99)(H,87,100)(H,88,101)(H,89,102)(H,90,107)(H,91,109)(H,92,108)(H,93,110)/t43-,44-,45-,46-,47-,48-,49-,50-/m0/s1. The van der Waals surface area contributed by atoms with Crippen molar-refractivity contribution in [2.45, 2.75) is 209 Å². The third-order valence-corrected chi connectivity index (χ3v) is 18.3. The SMILES string of the molecule is NCCCC[C@H](NC(=O)[C@H](CCCCNC(=O)[C@H](CCCCNC(=O)[C@H](CCCCNC(=O)CCl)NC(=O)CCl)NC(=O)[C@H](CCCCNC(=O)CCl)NC(=O)CCl)NC(=O)[C@H](CCCCNC(=O)[C@H](CCCCNC(=O)CCl)NC(=O)CCl)NC(=O)[C@H](CCCCNC(=O)CCl)NC(=O)CCl)C(=O)NCCC(N)=O. The van der Waals surface area contributed by atoms with E-state index in [1.165, 1.54) is 0 Å². The highest BCUT2D eigenvalue weighted by atomic mass is 35.5. The lowest BCUT2D eigenvalue weighted by atomic mass is 10.0. The summed E-state index contributed by atoms with van der Waals surface area (Å²) in [4.78, 5) is 221. The molecule has 0 fully saturated rings. The Hall–Kier alpha value is -6.73. The van der Waals surface area contributed by atoms with Gasteiger partial charge in [0.2, 0.25) is 100 Å². The molecule has 0 spiro atoms. The lowest BCUT2D eigenvalue weighted by Crippen LogP contribution is -2.58. The Bertz CT molecular complexity index is 2870. The highest BCUT2D eigenvalue weighted by Gasteiger charge is 2.33. The first kappa shape index (κ1) is 103. The first-order valence-corrected chi connectivity index (χ1v) is 41.0. The van der Waals surface area contributed by atoms with Gasteiger partial charge in [0.25, 0.3) is 0 Å². The molecule has 0 bridgehead atoms. The molecule has 110 heavy (non-hydrogen) atoms. The van der Waals surface area contributed by atoms with Gasteiger partial charge in [0.1, 0.15) is 95.4 Å². The predicted molar refractivity (Wildman–Crippen MR) is 419 cm³/mol. The molecule has 0 aromatic heterocycles. The maximum Gasteiger partial charge on any atom is 0.243 e. The third kappa shape index (κ3) is 51.7. The van der Waals surface area contributed by atoms with Crippen LogP contribution < -0.4 is 96.5 Å². The Kier molecular flexibility index (Phi) is 61.8. The number of amides is 17. The van der Waals surface area contributed by atoms with Crippen LogP contribution in [0.15, 0.2) is 0 Å². The number of unbranched alkanes of at least 4 members (excludes halogenated alkanes) is 8. The van der Waals surface area contributed by atoms with Gasteiger partial charge >= 0.3 is 0 Å². The van der Waals surface area contributed by atoms with Gasteiger partial charge in [-0.2, -0.15) is 0 Å². The number of primary amides is 1. The summed E-state index contributed by atoms with van der Waals surface area (Å²) in [7, 11) is 0. The summed E-state index contributed by atoms with van der Waals surface area (Å²) in [5.74, 6) is -13.8. The zero-order valence-electron chi connectivity index (χ0n) is 61.9. The molecule has 628 valence electrons. The van der Waals surface area contributed by atoms with Gasteiger partial charge in [-0.1, -0.05) is 0 Å². The van der Waals surface area contributed by atoms with Crippen molar-refractivity contribution in [3.8, 4) is 0 Å². The van der Waals surface area contributed by atoms with Gasteiger partial charge in [0, 0.05) is 58.8 Å². The number of hydrogen-bond acceptors (Lipinski definition) is 18. The second kappa shape index (κ2) is 65.8. The fraction of sp³-hybridized carbons (Fsp3) is 0.746. The summed E-state index contributed by atoms with van der Waals surface area (Å²) in [6.07, 6.45) is 4.52. The molecule has 0 aliphatic carbocycles. The Balaban J connectivity index is 7.38. The van der Waals surface area contributed by atoms with Crippen LogP contribution in [0.25, 0.3) is 0 Å². The average Bonchev–Trinajstić information content (AvgIpc) is 0.865. The molecule has 0 aromatic rings. The molecule has 0 saturated heterocycles. The number of rotatable bonds is 66. The molecule has 0 saturated carbocycles. The molecule has 20 N–H and O–H groups in total. The lowest BCUT2D eigenvalue weighted by molar-refractivity contribution is -0.134. The molecule has 0 rings (SSSR count). The number of nitrogens with two attached hydrogens (primary N) is 2.